The van der Waals surface area contributed by atoms with Crippen molar-refractivity contribution in [3.8, 4) is 11.9 Å². The van der Waals surface area contributed by atoms with E-state index >= 15 is 0 Å². The minimum Gasteiger partial charge on any atom is -0.478 e. The number of nitrogens with one attached hydrogen (secondary N) is 1. The van der Waals surface area contributed by atoms with Crippen molar-refractivity contribution in [1.82, 2.24) is 9.97 Å². The van der Waals surface area contributed by atoms with Gasteiger partial charge in [-0.05, 0) is 24.6 Å². The molecule has 0 saturated heterocycles. The Hall–Kier alpha value is -3.13. The van der Waals surface area contributed by atoms with Gasteiger partial charge in [-0.25, -0.2) is 4.98 Å². The maximum absolute atomic E-state index is 9.33. The zero-order chi connectivity index (χ0) is 16.1. The highest BCUT2D eigenvalue weighted by atomic mass is 16.5. The van der Waals surface area contributed by atoms with Crippen LogP contribution < -0.4 is 10.1 Å². The smallest absolute Gasteiger partial charge is 0.213 e. The van der Waals surface area contributed by atoms with Gasteiger partial charge in [-0.1, -0.05) is 18.2 Å². The molecule has 0 aliphatic heterocycles. The van der Waals surface area contributed by atoms with Gasteiger partial charge < -0.3 is 10.1 Å². The molecule has 0 radical (unpaired) electrons. The highest BCUT2D eigenvalue weighted by Gasteiger charge is 2.08. The molecule has 0 spiro atoms. The molecule has 3 aromatic rings. The molecule has 1 aromatic carbocycles. The van der Waals surface area contributed by atoms with Crippen LogP contribution in [0.25, 0.3) is 10.9 Å². The number of nitriles is 1. The normalized spacial score (nSPS) is 10.3. The zero-order valence-electron chi connectivity index (χ0n) is 12.8. The third-order valence-electron chi connectivity index (χ3n) is 3.46. The molecule has 0 atom stereocenters. The standard InChI is InChI=1S/C18H16N4O/c1-2-23-17-9-13(7-8-20-17)11-22-18-14(10-19)12-21-16-6-4-3-5-15(16)18/h3-9,12H,2,11H2,1H3,(H,21,22). The number of nitrogens with zero attached hydrogens (tertiary/aromatic N) is 3. The van der Waals surface area contributed by atoms with Gasteiger partial charge in [-0.3, -0.25) is 4.98 Å². The van der Waals surface area contributed by atoms with Crippen molar-refractivity contribution in [2.24, 2.45) is 0 Å². The van der Waals surface area contributed by atoms with Crippen LogP contribution in [-0.2, 0) is 6.54 Å². The molecule has 0 unspecified atom stereocenters. The Morgan fingerprint density at radius 2 is 2.09 bits per heavy atom. The first kappa shape index (κ1) is 14.8. The average molecular weight is 304 g/mol. The fraction of sp³-hybridized carbons (Fsp3) is 0.167. The van der Waals surface area contributed by atoms with Crippen molar-refractivity contribution in [2.75, 3.05) is 11.9 Å². The lowest BCUT2D eigenvalue weighted by atomic mass is 10.1. The molecule has 0 bridgehead atoms. The van der Waals surface area contributed by atoms with E-state index in [0.29, 0.717) is 24.6 Å². The summed E-state index contributed by atoms with van der Waals surface area (Å²) < 4.78 is 5.41. The number of anilines is 1. The lowest BCUT2D eigenvalue weighted by Gasteiger charge is -2.12. The molecule has 2 aromatic heterocycles. The molecule has 5 heteroatoms. The summed E-state index contributed by atoms with van der Waals surface area (Å²) >= 11 is 0. The first-order valence-electron chi connectivity index (χ1n) is 7.41. The van der Waals surface area contributed by atoms with Crippen LogP contribution in [0.1, 0.15) is 18.1 Å². The molecule has 0 saturated carbocycles. The van der Waals surface area contributed by atoms with Crippen LogP contribution in [0, 0.1) is 11.3 Å². The molecule has 23 heavy (non-hydrogen) atoms. The Morgan fingerprint density at radius 3 is 2.91 bits per heavy atom. The molecule has 114 valence electrons. The number of fused-ring (bicyclic) bond motifs is 1. The van der Waals surface area contributed by atoms with E-state index in [1.165, 1.54) is 0 Å². The third kappa shape index (κ3) is 3.22. The number of aromatic nitrogens is 2. The number of hydrogen-bond donors (Lipinski definition) is 1. The summed E-state index contributed by atoms with van der Waals surface area (Å²) in [4.78, 5) is 8.47. The average Bonchev–Trinajstić information content (AvgIpc) is 2.60. The van der Waals surface area contributed by atoms with Crippen LogP contribution in [0.2, 0.25) is 0 Å². The van der Waals surface area contributed by atoms with Crippen LogP contribution in [0.3, 0.4) is 0 Å². The summed E-state index contributed by atoms with van der Waals surface area (Å²) in [5.41, 5.74) is 3.22. The van der Waals surface area contributed by atoms with Crippen LogP contribution >= 0.6 is 0 Å². The van der Waals surface area contributed by atoms with E-state index in [9.17, 15) is 5.26 Å². The van der Waals surface area contributed by atoms with Crippen molar-refractivity contribution >= 4 is 16.6 Å². The van der Waals surface area contributed by atoms with Gasteiger partial charge in [0, 0.05) is 30.4 Å². The van der Waals surface area contributed by atoms with Gasteiger partial charge in [0.15, 0.2) is 0 Å². The van der Waals surface area contributed by atoms with Crippen LogP contribution in [-0.4, -0.2) is 16.6 Å². The molecule has 0 aliphatic carbocycles. The number of benzene rings is 1. The zero-order valence-corrected chi connectivity index (χ0v) is 12.8. The van der Waals surface area contributed by atoms with E-state index in [-0.39, 0.29) is 0 Å². The van der Waals surface area contributed by atoms with Gasteiger partial charge in [-0.2, -0.15) is 5.26 Å². The summed E-state index contributed by atoms with van der Waals surface area (Å²) in [5, 5.41) is 13.6. The summed E-state index contributed by atoms with van der Waals surface area (Å²) in [6.45, 7) is 3.08. The van der Waals surface area contributed by atoms with E-state index in [0.717, 1.165) is 22.2 Å². The SMILES string of the molecule is CCOc1cc(CNc2c(C#N)cnc3ccccc23)ccn1. The Balaban J connectivity index is 1.90. The molecule has 2 heterocycles. The van der Waals surface area contributed by atoms with Gasteiger partial charge in [0.2, 0.25) is 5.88 Å². The molecule has 1 N–H and O–H groups in total. The predicted octanol–water partition coefficient (Wildman–Crippen LogP) is 3.51. The minimum atomic E-state index is 0.530. The molecule has 5 nitrogen and oxygen atoms in total. The Morgan fingerprint density at radius 1 is 1.22 bits per heavy atom. The van der Waals surface area contributed by atoms with E-state index in [4.69, 9.17) is 4.74 Å². The summed E-state index contributed by atoms with van der Waals surface area (Å²) in [6, 6.07) is 13.8. The fourth-order valence-electron chi connectivity index (χ4n) is 2.39. The van der Waals surface area contributed by atoms with Crippen LogP contribution in [0.5, 0.6) is 5.88 Å². The van der Waals surface area contributed by atoms with Gasteiger partial charge in [0.25, 0.3) is 0 Å². The number of pyridine rings is 2. The van der Waals surface area contributed by atoms with Crippen molar-refractivity contribution < 1.29 is 4.74 Å². The van der Waals surface area contributed by atoms with E-state index in [1.54, 1.807) is 12.4 Å². The molecule has 0 fully saturated rings. The Labute approximate surface area is 134 Å². The van der Waals surface area contributed by atoms with Gasteiger partial charge in [0.1, 0.15) is 6.07 Å². The second kappa shape index (κ2) is 6.75. The summed E-state index contributed by atoms with van der Waals surface area (Å²) in [7, 11) is 0. The highest BCUT2D eigenvalue weighted by molar-refractivity contribution is 5.93. The topological polar surface area (TPSA) is 70.8 Å². The maximum Gasteiger partial charge on any atom is 0.213 e. The Kier molecular flexibility index (Phi) is 4.34. The molecule has 3 rings (SSSR count). The molecular formula is C18H16N4O. The predicted molar refractivity (Wildman–Crippen MR) is 89.2 cm³/mol. The monoisotopic (exact) mass is 304 g/mol. The van der Waals surface area contributed by atoms with Crippen molar-refractivity contribution in [3.05, 3.63) is 59.9 Å². The first-order chi connectivity index (χ1) is 11.3. The number of hydrogen-bond acceptors (Lipinski definition) is 5. The van der Waals surface area contributed by atoms with E-state index < -0.39 is 0 Å². The number of ether oxygens (including phenoxy) is 1. The van der Waals surface area contributed by atoms with Gasteiger partial charge in [0.05, 0.1) is 23.4 Å². The largest absolute Gasteiger partial charge is 0.478 e. The van der Waals surface area contributed by atoms with Crippen LogP contribution in [0.15, 0.2) is 48.8 Å². The molecule has 0 amide bonds. The second-order valence-electron chi connectivity index (χ2n) is 4.96. The lowest BCUT2D eigenvalue weighted by Crippen LogP contribution is -2.04. The van der Waals surface area contributed by atoms with Crippen molar-refractivity contribution in [3.63, 3.8) is 0 Å². The first-order valence-corrected chi connectivity index (χ1v) is 7.41. The summed E-state index contributed by atoms with van der Waals surface area (Å²) in [6.07, 6.45) is 3.32. The van der Waals surface area contributed by atoms with Gasteiger partial charge in [-0.15, -0.1) is 0 Å². The quantitative estimate of drug-likeness (QED) is 0.781. The number of para-hydroxylation sites is 1. The van der Waals surface area contributed by atoms with Gasteiger partial charge >= 0.3 is 0 Å². The van der Waals surface area contributed by atoms with E-state index in [2.05, 4.69) is 21.4 Å². The molecule has 0 aliphatic rings. The number of rotatable bonds is 5. The van der Waals surface area contributed by atoms with E-state index in [1.807, 2.05) is 43.3 Å². The summed E-state index contributed by atoms with van der Waals surface area (Å²) in [5.74, 6) is 0.604. The highest BCUT2D eigenvalue weighted by Crippen LogP contribution is 2.26. The minimum absolute atomic E-state index is 0.530. The Bertz CT molecular complexity index is 870. The van der Waals surface area contributed by atoms with Crippen molar-refractivity contribution in [1.29, 1.82) is 5.26 Å². The van der Waals surface area contributed by atoms with Crippen molar-refractivity contribution in [2.45, 2.75) is 13.5 Å². The molecular weight excluding hydrogens is 288 g/mol. The van der Waals surface area contributed by atoms with Crippen LogP contribution in [0.4, 0.5) is 5.69 Å². The third-order valence-corrected chi connectivity index (χ3v) is 3.46. The maximum atomic E-state index is 9.33. The lowest BCUT2D eigenvalue weighted by molar-refractivity contribution is 0.326. The fourth-order valence-corrected chi connectivity index (χ4v) is 2.39. The second-order valence-corrected chi connectivity index (χ2v) is 4.96.